The van der Waals surface area contributed by atoms with E-state index in [1.54, 1.807) is 39.0 Å². The lowest BCUT2D eigenvalue weighted by atomic mass is 10.1. The monoisotopic (exact) mass is 353 g/mol. The van der Waals surface area contributed by atoms with Crippen molar-refractivity contribution in [2.45, 2.75) is 38.2 Å². The lowest BCUT2D eigenvalue weighted by molar-refractivity contribution is 0.167. The number of sulfonamides is 1. The van der Waals surface area contributed by atoms with Crippen molar-refractivity contribution < 1.29 is 22.7 Å². The predicted octanol–water partition coefficient (Wildman–Crippen LogP) is 2.62. The van der Waals surface area contributed by atoms with E-state index in [-0.39, 0.29) is 17.9 Å². The molecule has 24 heavy (non-hydrogen) atoms. The molecule has 1 unspecified atom stereocenters. The molecule has 0 aliphatic heterocycles. The Morgan fingerprint density at radius 3 is 2.50 bits per heavy atom. The van der Waals surface area contributed by atoms with Crippen molar-refractivity contribution in [2.24, 2.45) is 0 Å². The molecule has 1 aromatic heterocycles. The van der Waals surface area contributed by atoms with E-state index in [2.05, 4.69) is 4.72 Å². The van der Waals surface area contributed by atoms with Gasteiger partial charge in [0.2, 0.25) is 10.0 Å². The zero-order chi connectivity index (χ0) is 17.9. The number of nitrogens with one attached hydrogen (secondary N) is 1. The van der Waals surface area contributed by atoms with Crippen LogP contribution in [-0.2, 0) is 10.0 Å². The number of furan rings is 1. The summed E-state index contributed by atoms with van der Waals surface area (Å²) in [7, 11) is -2.11. The quantitative estimate of drug-likeness (QED) is 0.799. The first-order valence-corrected chi connectivity index (χ1v) is 9.12. The molecule has 0 fully saturated rings. The maximum Gasteiger partial charge on any atom is 0.240 e. The number of aliphatic hydroxyl groups excluding tert-OH is 1. The molecule has 6 nitrogen and oxygen atoms in total. The molecule has 0 radical (unpaired) electrons. The zero-order valence-corrected chi connectivity index (χ0v) is 15.1. The third kappa shape index (κ3) is 4.17. The van der Waals surface area contributed by atoms with Crippen LogP contribution in [0, 0.1) is 20.8 Å². The number of rotatable bonds is 7. The molecule has 7 heteroatoms. The lowest BCUT2D eigenvalue weighted by Gasteiger charge is -2.13. The number of methoxy groups -OCH3 is 1. The highest BCUT2D eigenvalue weighted by atomic mass is 32.2. The predicted molar refractivity (Wildman–Crippen MR) is 90.7 cm³/mol. The molecule has 0 aliphatic carbocycles. The van der Waals surface area contributed by atoms with Gasteiger partial charge in [0, 0.05) is 12.1 Å². The second-order valence-electron chi connectivity index (χ2n) is 5.70. The number of ether oxygens (including phenoxy) is 1. The van der Waals surface area contributed by atoms with Gasteiger partial charge in [-0.3, -0.25) is 0 Å². The van der Waals surface area contributed by atoms with Crippen LogP contribution in [0.5, 0.6) is 5.75 Å². The van der Waals surface area contributed by atoms with Crippen LogP contribution in [0.15, 0.2) is 33.6 Å². The highest BCUT2D eigenvalue weighted by Gasteiger charge is 2.19. The van der Waals surface area contributed by atoms with Crippen LogP contribution in [-0.4, -0.2) is 27.2 Å². The minimum Gasteiger partial charge on any atom is -0.497 e. The van der Waals surface area contributed by atoms with Crippen LogP contribution in [0.2, 0.25) is 0 Å². The Labute approximate surface area is 142 Å². The Kier molecular flexibility index (Phi) is 5.69. The molecule has 1 heterocycles. The Morgan fingerprint density at radius 1 is 1.25 bits per heavy atom. The summed E-state index contributed by atoms with van der Waals surface area (Å²) in [5, 5.41) is 10.2. The minimum atomic E-state index is -3.64. The molecule has 2 N–H and O–H groups in total. The normalized spacial score (nSPS) is 13.0. The number of hydrogen-bond acceptors (Lipinski definition) is 5. The molecule has 0 saturated heterocycles. The molecule has 0 aliphatic rings. The molecule has 0 saturated carbocycles. The first-order chi connectivity index (χ1) is 11.2. The van der Waals surface area contributed by atoms with Crippen molar-refractivity contribution in [2.75, 3.05) is 13.7 Å². The average molecular weight is 353 g/mol. The number of benzene rings is 1. The van der Waals surface area contributed by atoms with E-state index in [1.807, 2.05) is 0 Å². The number of aryl methyl sites for hydroxylation is 3. The smallest absolute Gasteiger partial charge is 0.240 e. The highest BCUT2D eigenvalue weighted by molar-refractivity contribution is 7.89. The maximum atomic E-state index is 12.4. The minimum absolute atomic E-state index is 0.124. The van der Waals surface area contributed by atoms with Crippen LogP contribution >= 0.6 is 0 Å². The summed E-state index contributed by atoms with van der Waals surface area (Å²) < 4.78 is 37.8. The summed E-state index contributed by atoms with van der Waals surface area (Å²) in [6.45, 7) is 5.41. The molecular formula is C17H23NO5S. The van der Waals surface area contributed by atoms with Gasteiger partial charge in [-0.2, -0.15) is 0 Å². The van der Waals surface area contributed by atoms with E-state index in [9.17, 15) is 13.5 Å². The van der Waals surface area contributed by atoms with Gasteiger partial charge < -0.3 is 14.3 Å². The average Bonchev–Trinajstić information content (AvgIpc) is 2.85. The first-order valence-electron chi connectivity index (χ1n) is 7.64. The summed E-state index contributed by atoms with van der Waals surface area (Å²) in [6.07, 6.45) is -0.518. The van der Waals surface area contributed by atoms with E-state index in [1.165, 1.54) is 13.2 Å². The van der Waals surface area contributed by atoms with Gasteiger partial charge in [-0.15, -0.1) is 0 Å². The molecule has 2 rings (SSSR count). The fourth-order valence-corrected chi connectivity index (χ4v) is 3.87. The third-order valence-corrected chi connectivity index (χ3v) is 5.44. The molecule has 0 bridgehead atoms. The van der Waals surface area contributed by atoms with Crippen molar-refractivity contribution in [3.05, 3.63) is 46.9 Å². The largest absolute Gasteiger partial charge is 0.497 e. The zero-order valence-electron chi connectivity index (χ0n) is 14.3. The van der Waals surface area contributed by atoms with Crippen LogP contribution in [0.1, 0.15) is 35.2 Å². The molecule has 0 spiro atoms. The summed E-state index contributed by atoms with van der Waals surface area (Å²) in [5.41, 5.74) is 1.29. The van der Waals surface area contributed by atoms with Crippen LogP contribution < -0.4 is 9.46 Å². The molecule has 132 valence electrons. The van der Waals surface area contributed by atoms with Crippen molar-refractivity contribution in [1.82, 2.24) is 4.72 Å². The topological polar surface area (TPSA) is 88.8 Å². The van der Waals surface area contributed by atoms with Crippen LogP contribution in [0.4, 0.5) is 0 Å². The van der Waals surface area contributed by atoms with E-state index in [0.29, 0.717) is 22.6 Å². The maximum absolute atomic E-state index is 12.4. The van der Waals surface area contributed by atoms with Crippen molar-refractivity contribution in [1.29, 1.82) is 0 Å². The Bertz CT molecular complexity index is 810. The van der Waals surface area contributed by atoms with Gasteiger partial charge in [0.15, 0.2) is 0 Å². The third-order valence-electron chi connectivity index (χ3n) is 3.82. The second kappa shape index (κ2) is 7.38. The Morgan fingerprint density at radius 2 is 1.96 bits per heavy atom. The standard InChI is InChI=1S/C17H23NO5S/c1-11-9-14(22-4)5-6-17(11)24(20,21)18-8-7-16(19)15-10-12(2)23-13(15)3/h5-6,9-10,16,18-19H,7-8H2,1-4H3. The van der Waals surface area contributed by atoms with E-state index < -0.39 is 16.1 Å². The van der Waals surface area contributed by atoms with Gasteiger partial charge in [-0.25, -0.2) is 13.1 Å². The van der Waals surface area contributed by atoms with Crippen molar-refractivity contribution in [3.63, 3.8) is 0 Å². The number of aliphatic hydroxyl groups is 1. The first kappa shape index (κ1) is 18.5. The Balaban J connectivity index is 2.01. The molecule has 2 aromatic rings. The summed E-state index contributed by atoms with van der Waals surface area (Å²) >= 11 is 0. The fourth-order valence-electron chi connectivity index (χ4n) is 2.59. The van der Waals surface area contributed by atoms with E-state index >= 15 is 0 Å². The lowest BCUT2D eigenvalue weighted by Crippen LogP contribution is -2.26. The fraction of sp³-hybridized carbons (Fsp3) is 0.412. The highest BCUT2D eigenvalue weighted by Crippen LogP contribution is 2.24. The van der Waals surface area contributed by atoms with Gasteiger partial charge >= 0.3 is 0 Å². The van der Waals surface area contributed by atoms with E-state index in [4.69, 9.17) is 9.15 Å². The molecule has 1 aromatic carbocycles. The van der Waals surface area contributed by atoms with Crippen molar-refractivity contribution in [3.8, 4) is 5.75 Å². The molecular weight excluding hydrogens is 330 g/mol. The Hall–Kier alpha value is -1.83. The van der Waals surface area contributed by atoms with Gasteiger partial charge in [0.1, 0.15) is 17.3 Å². The van der Waals surface area contributed by atoms with Gasteiger partial charge in [0.25, 0.3) is 0 Å². The van der Waals surface area contributed by atoms with Crippen molar-refractivity contribution >= 4 is 10.0 Å². The summed E-state index contributed by atoms with van der Waals surface area (Å²) in [5.74, 6) is 1.97. The van der Waals surface area contributed by atoms with Crippen LogP contribution in [0.25, 0.3) is 0 Å². The van der Waals surface area contributed by atoms with Gasteiger partial charge in [0.05, 0.1) is 18.1 Å². The summed E-state index contributed by atoms with van der Waals surface area (Å²) in [6, 6.07) is 6.55. The van der Waals surface area contributed by atoms with Gasteiger partial charge in [-0.05, 0) is 57.0 Å². The SMILES string of the molecule is COc1ccc(S(=O)(=O)NCCC(O)c2cc(C)oc2C)c(C)c1. The van der Waals surface area contributed by atoms with Gasteiger partial charge in [-0.1, -0.05) is 0 Å². The number of hydrogen-bond donors (Lipinski definition) is 2. The molecule has 1 atom stereocenters. The second-order valence-corrected chi connectivity index (χ2v) is 7.44. The van der Waals surface area contributed by atoms with E-state index in [0.717, 1.165) is 5.76 Å². The molecule has 0 amide bonds. The summed E-state index contributed by atoms with van der Waals surface area (Å²) in [4.78, 5) is 0.202. The van der Waals surface area contributed by atoms with Crippen LogP contribution in [0.3, 0.4) is 0 Å².